The number of carbonyl (C=O) groups is 2. The normalized spacial score (nSPS) is 14.8. The molecule has 30 heavy (non-hydrogen) atoms. The average molecular weight is 410 g/mol. The molecule has 160 valence electrons. The van der Waals surface area contributed by atoms with Crippen molar-refractivity contribution in [3.05, 3.63) is 65.2 Å². The van der Waals surface area contributed by atoms with Crippen molar-refractivity contribution in [3.63, 3.8) is 0 Å². The number of amides is 1. The fourth-order valence-corrected chi connectivity index (χ4v) is 4.51. The fourth-order valence-electron chi connectivity index (χ4n) is 4.51. The first-order chi connectivity index (χ1) is 14.4. The van der Waals surface area contributed by atoms with Gasteiger partial charge in [-0.25, -0.2) is 4.79 Å². The summed E-state index contributed by atoms with van der Waals surface area (Å²) in [6.07, 6.45) is 1.58. The predicted molar refractivity (Wildman–Crippen MR) is 119 cm³/mol. The molecular formula is C25H33N2O3+. The maximum absolute atomic E-state index is 13.4. The van der Waals surface area contributed by atoms with Gasteiger partial charge in [-0.05, 0) is 44.4 Å². The minimum atomic E-state index is -0.565. The van der Waals surface area contributed by atoms with Gasteiger partial charge in [-0.2, -0.15) is 0 Å². The highest BCUT2D eigenvalue weighted by atomic mass is 16.5. The van der Waals surface area contributed by atoms with Crippen LogP contribution in [-0.4, -0.2) is 41.5 Å². The Balaban J connectivity index is 1.74. The van der Waals surface area contributed by atoms with E-state index in [0.29, 0.717) is 17.6 Å². The lowest BCUT2D eigenvalue weighted by Gasteiger charge is -2.42. The molecule has 1 aliphatic rings. The van der Waals surface area contributed by atoms with Gasteiger partial charge in [0.15, 0.2) is 12.1 Å². The molecule has 0 aliphatic heterocycles. The summed E-state index contributed by atoms with van der Waals surface area (Å²) in [5.74, 6) is -0.242. The van der Waals surface area contributed by atoms with Gasteiger partial charge in [0.25, 0.3) is 5.91 Å². The molecule has 0 atom stereocenters. The van der Waals surface area contributed by atoms with Crippen molar-refractivity contribution in [2.24, 2.45) is 0 Å². The second-order valence-corrected chi connectivity index (χ2v) is 8.33. The summed E-state index contributed by atoms with van der Waals surface area (Å²) in [4.78, 5) is 26.2. The monoisotopic (exact) mass is 409 g/mol. The van der Waals surface area contributed by atoms with Crippen LogP contribution in [0.4, 0.5) is 5.69 Å². The Bertz CT molecular complexity index is 880. The maximum atomic E-state index is 13.4. The van der Waals surface area contributed by atoms with Crippen LogP contribution in [0, 0.1) is 13.8 Å². The quantitative estimate of drug-likeness (QED) is 0.494. The summed E-state index contributed by atoms with van der Waals surface area (Å²) in [6.45, 7) is 10.00. The number of quaternary nitrogens is 1. The van der Waals surface area contributed by atoms with E-state index >= 15 is 0 Å². The van der Waals surface area contributed by atoms with Gasteiger partial charge in [0, 0.05) is 18.5 Å². The SMILES string of the molecule is CC[N+](CC)(CC(=O)OCc1ccccc1)C1(C(=O)Nc2c(C)cccc2C)CC1. The Morgan fingerprint density at radius 1 is 0.967 bits per heavy atom. The molecule has 0 aromatic heterocycles. The summed E-state index contributed by atoms with van der Waals surface area (Å²) < 4.78 is 5.99. The van der Waals surface area contributed by atoms with Crippen molar-refractivity contribution in [3.8, 4) is 0 Å². The van der Waals surface area contributed by atoms with E-state index in [1.807, 2.05) is 62.4 Å². The van der Waals surface area contributed by atoms with Gasteiger partial charge >= 0.3 is 5.97 Å². The third-order valence-corrected chi connectivity index (χ3v) is 6.66. The molecule has 0 heterocycles. The second-order valence-electron chi connectivity index (χ2n) is 8.33. The van der Waals surface area contributed by atoms with Crippen molar-refractivity contribution < 1.29 is 18.8 Å². The van der Waals surface area contributed by atoms with Gasteiger partial charge in [-0.3, -0.25) is 4.79 Å². The zero-order valence-corrected chi connectivity index (χ0v) is 18.5. The number of carbonyl (C=O) groups excluding carboxylic acids is 2. The molecule has 3 rings (SSSR count). The Hall–Kier alpha value is -2.66. The summed E-state index contributed by atoms with van der Waals surface area (Å²) >= 11 is 0. The number of benzene rings is 2. The summed E-state index contributed by atoms with van der Waals surface area (Å²) in [6, 6.07) is 15.7. The number of ether oxygens (including phenoxy) is 1. The number of nitrogens with zero attached hydrogens (tertiary/aromatic N) is 1. The highest BCUT2D eigenvalue weighted by Crippen LogP contribution is 2.48. The zero-order valence-electron chi connectivity index (χ0n) is 18.5. The number of esters is 1. The topological polar surface area (TPSA) is 55.4 Å². The highest BCUT2D eigenvalue weighted by Gasteiger charge is 2.65. The van der Waals surface area contributed by atoms with E-state index in [1.54, 1.807) is 0 Å². The smallest absolute Gasteiger partial charge is 0.362 e. The molecule has 5 heteroatoms. The number of anilines is 1. The van der Waals surface area contributed by atoms with Gasteiger partial charge in [0.1, 0.15) is 6.61 Å². The molecule has 1 saturated carbocycles. The molecule has 0 spiro atoms. The lowest BCUT2D eigenvalue weighted by atomic mass is 10.1. The van der Waals surface area contributed by atoms with Crippen LogP contribution in [0.1, 0.15) is 43.4 Å². The Morgan fingerprint density at radius 3 is 2.10 bits per heavy atom. The van der Waals surface area contributed by atoms with E-state index in [1.165, 1.54) is 0 Å². The third kappa shape index (κ3) is 4.26. The molecule has 0 bridgehead atoms. The summed E-state index contributed by atoms with van der Waals surface area (Å²) in [7, 11) is 0. The number of hydrogen-bond donors (Lipinski definition) is 1. The molecule has 1 amide bonds. The number of aryl methyl sites for hydroxylation is 2. The van der Waals surface area contributed by atoms with Crippen LogP contribution in [0.25, 0.3) is 0 Å². The summed E-state index contributed by atoms with van der Waals surface area (Å²) in [5.41, 5.74) is 3.38. The minimum Gasteiger partial charge on any atom is -0.457 e. The predicted octanol–water partition coefficient (Wildman–Crippen LogP) is 4.37. The minimum absolute atomic E-state index is 0.0134. The van der Waals surface area contributed by atoms with Gasteiger partial charge in [0.05, 0.1) is 13.1 Å². The largest absolute Gasteiger partial charge is 0.457 e. The molecule has 0 unspecified atom stereocenters. The molecular weight excluding hydrogens is 376 g/mol. The van der Waals surface area contributed by atoms with E-state index in [2.05, 4.69) is 19.2 Å². The standard InChI is InChI=1S/C25H32N2O3/c1-5-27(6-2,17-22(28)30-18-21-13-8-7-9-14-21)25(15-16-25)24(29)26-23-19(3)11-10-12-20(23)4/h7-14H,5-6,15-18H2,1-4H3/p+1. The first-order valence-corrected chi connectivity index (χ1v) is 10.8. The number of nitrogens with one attached hydrogen (secondary N) is 1. The molecule has 0 radical (unpaired) electrons. The number of hydrogen-bond acceptors (Lipinski definition) is 3. The van der Waals surface area contributed by atoms with E-state index in [4.69, 9.17) is 4.74 Å². The first-order valence-electron chi connectivity index (χ1n) is 10.8. The van der Waals surface area contributed by atoms with E-state index in [-0.39, 0.29) is 25.0 Å². The lowest BCUT2D eigenvalue weighted by molar-refractivity contribution is -0.942. The van der Waals surface area contributed by atoms with Crippen LogP contribution in [0.15, 0.2) is 48.5 Å². The van der Waals surface area contributed by atoms with Crippen LogP contribution in [0.3, 0.4) is 0 Å². The second kappa shape index (κ2) is 9.00. The first kappa shape index (κ1) is 22.0. The Labute approximate surface area is 179 Å². The molecule has 0 saturated heterocycles. The van der Waals surface area contributed by atoms with Gasteiger partial charge in [-0.1, -0.05) is 48.5 Å². The number of likely N-dealkylation sites (N-methyl/N-ethyl adjacent to an activating group) is 1. The molecule has 2 aromatic rings. The molecule has 5 nitrogen and oxygen atoms in total. The van der Waals surface area contributed by atoms with Crippen molar-refractivity contribution >= 4 is 17.6 Å². The number of para-hydroxylation sites is 1. The third-order valence-electron chi connectivity index (χ3n) is 6.66. The van der Waals surface area contributed by atoms with Gasteiger partial charge in [0.2, 0.25) is 0 Å². The molecule has 1 aliphatic carbocycles. The Morgan fingerprint density at radius 2 is 1.57 bits per heavy atom. The van der Waals surface area contributed by atoms with E-state index in [9.17, 15) is 9.59 Å². The fraction of sp³-hybridized carbons (Fsp3) is 0.440. The van der Waals surface area contributed by atoms with E-state index in [0.717, 1.165) is 35.2 Å². The van der Waals surface area contributed by atoms with Crippen molar-refractivity contribution in [1.82, 2.24) is 0 Å². The number of rotatable bonds is 9. The molecule has 1 N–H and O–H groups in total. The van der Waals surface area contributed by atoms with Crippen molar-refractivity contribution in [2.75, 3.05) is 25.0 Å². The molecule has 1 fully saturated rings. The van der Waals surface area contributed by atoms with Crippen LogP contribution in [0.5, 0.6) is 0 Å². The van der Waals surface area contributed by atoms with Crippen molar-refractivity contribution in [1.29, 1.82) is 0 Å². The highest BCUT2D eigenvalue weighted by molar-refractivity contribution is 6.00. The van der Waals surface area contributed by atoms with Crippen LogP contribution in [-0.2, 0) is 20.9 Å². The summed E-state index contributed by atoms with van der Waals surface area (Å²) in [5, 5.41) is 3.18. The van der Waals surface area contributed by atoms with E-state index < -0.39 is 5.54 Å². The van der Waals surface area contributed by atoms with Crippen LogP contribution in [0.2, 0.25) is 0 Å². The van der Waals surface area contributed by atoms with Crippen LogP contribution < -0.4 is 5.32 Å². The zero-order chi connectivity index (χ0) is 21.8. The Kier molecular flexibility index (Phi) is 6.61. The molecule has 2 aromatic carbocycles. The average Bonchev–Trinajstić information content (AvgIpc) is 3.56. The van der Waals surface area contributed by atoms with Crippen molar-refractivity contribution in [2.45, 2.75) is 52.7 Å². The van der Waals surface area contributed by atoms with Gasteiger partial charge < -0.3 is 14.5 Å². The maximum Gasteiger partial charge on any atom is 0.362 e. The lowest BCUT2D eigenvalue weighted by Crippen LogP contribution is -2.64. The van der Waals surface area contributed by atoms with Gasteiger partial charge in [-0.15, -0.1) is 0 Å². The van der Waals surface area contributed by atoms with Crippen LogP contribution >= 0.6 is 0 Å².